The molecular weight excluding hydrogens is 354 g/mol. The van der Waals surface area contributed by atoms with Crippen LogP contribution in [0.15, 0.2) is 58.5 Å². The Morgan fingerprint density at radius 1 is 1.12 bits per heavy atom. The Bertz CT molecular complexity index is 1000. The van der Waals surface area contributed by atoms with Gasteiger partial charge in [-0.05, 0) is 36.2 Å². The van der Waals surface area contributed by atoms with Gasteiger partial charge in [0.05, 0.1) is 0 Å². The molecule has 3 nitrogen and oxygen atoms in total. The quantitative estimate of drug-likeness (QED) is 0.496. The van der Waals surface area contributed by atoms with E-state index in [-0.39, 0.29) is 17.2 Å². The van der Waals surface area contributed by atoms with Crippen LogP contribution >= 0.6 is 11.8 Å². The normalized spacial score (nSPS) is 10.9. The highest BCUT2D eigenvalue weighted by Crippen LogP contribution is 2.22. The monoisotopic (exact) mass is 372 g/mol. The number of nitrogens with zero attached hydrogens (tertiary/aromatic N) is 2. The van der Waals surface area contributed by atoms with Crippen molar-refractivity contribution in [2.24, 2.45) is 7.05 Å². The molecule has 0 atom stereocenters. The number of hydrogen-bond donors (Lipinski definition) is 0. The first-order valence-electron chi connectivity index (χ1n) is 8.13. The van der Waals surface area contributed by atoms with Crippen LogP contribution in [0.25, 0.3) is 0 Å². The molecule has 3 rings (SSSR count). The standard InChI is InChI=1S/C20H18F2N2OS/c1-13-17(11-14-6-5-8-16(21)10-14)19(25)24(2)20(23-13)26-12-15-7-3-4-9-18(15)22/h3-10H,11-12H2,1-2H3. The third kappa shape index (κ3) is 4.02. The van der Waals surface area contributed by atoms with E-state index in [0.29, 0.717) is 34.2 Å². The van der Waals surface area contributed by atoms with E-state index >= 15 is 0 Å². The Labute approximate surface area is 154 Å². The summed E-state index contributed by atoms with van der Waals surface area (Å²) in [7, 11) is 1.65. The summed E-state index contributed by atoms with van der Waals surface area (Å²) in [6.07, 6.45) is 0.321. The second kappa shape index (κ2) is 7.83. The topological polar surface area (TPSA) is 34.9 Å². The van der Waals surface area contributed by atoms with Gasteiger partial charge in [-0.1, -0.05) is 42.1 Å². The summed E-state index contributed by atoms with van der Waals surface area (Å²) in [4.78, 5) is 17.2. The van der Waals surface area contributed by atoms with Crippen LogP contribution in [0.4, 0.5) is 8.78 Å². The van der Waals surface area contributed by atoms with Crippen molar-refractivity contribution >= 4 is 11.8 Å². The second-order valence-corrected chi connectivity index (χ2v) is 6.95. The molecule has 0 spiro atoms. The molecule has 0 saturated heterocycles. The molecule has 0 aliphatic rings. The number of aryl methyl sites for hydroxylation is 1. The Balaban J connectivity index is 1.86. The molecule has 1 aromatic heterocycles. The Morgan fingerprint density at radius 2 is 1.88 bits per heavy atom. The van der Waals surface area contributed by atoms with Crippen LogP contribution in [0.3, 0.4) is 0 Å². The van der Waals surface area contributed by atoms with Crippen LogP contribution in [-0.2, 0) is 19.2 Å². The van der Waals surface area contributed by atoms with Crippen LogP contribution < -0.4 is 5.56 Å². The zero-order chi connectivity index (χ0) is 18.7. The van der Waals surface area contributed by atoms with Crippen LogP contribution in [0, 0.1) is 18.6 Å². The summed E-state index contributed by atoms with van der Waals surface area (Å²) in [5.74, 6) is -0.221. The van der Waals surface area contributed by atoms with Gasteiger partial charge in [-0.2, -0.15) is 0 Å². The van der Waals surface area contributed by atoms with E-state index in [1.54, 1.807) is 44.3 Å². The maximum Gasteiger partial charge on any atom is 0.257 e. The largest absolute Gasteiger partial charge is 0.291 e. The SMILES string of the molecule is Cc1nc(SCc2ccccc2F)n(C)c(=O)c1Cc1cccc(F)c1. The van der Waals surface area contributed by atoms with Gasteiger partial charge < -0.3 is 0 Å². The molecule has 2 aromatic carbocycles. The van der Waals surface area contributed by atoms with Crippen molar-refractivity contribution in [3.8, 4) is 0 Å². The van der Waals surface area contributed by atoms with Gasteiger partial charge in [0.15, 0.2) is 5.16 Å². The molecule has 1 heterocycles. The average molecular weight is 372 g/mol. The van der Waals surface area contributed by atoms with E-state index in [1.165, 1.54) is 34.5 Å². The Kier molecular flexibility index (Phi) is 5.52. The van der Waals surface area contributed by atoms with Crippen molar-refractivity contribution in [3.63, 3.8) is 0 Å². The van der Waals surface area contributed by atoms with Crippen molar-refractivity contribution in [3.05, 3.63) is 92.9 Å². The van der Waals surface area contributed by atoms with Crippen LogP contribution in [0.2, 0.25) is 0 Å². The summed E-state index contributed by atoms with van der Waals surface area (Å²) in [5.41, 5.74) is 2.26. The first kappa shape index (κ1) is 18.3. The maximum absolute atomic E-state index is 13.8. The highest BCUT2D eigenvalue weighted by atomic mass is 32.2. The molecule has 0 unspecified atom stereocenters. The van der Waals surface area contributed by atoms with Crippen molar-refractivity contribution in [1.82, 2.24) is 9.55 Å². The van der Waals surface area contributed by atoms with E-state index in [1.807, 2.05) is 0 Å². The molecule has 0 saturated carbocycles. The molecule has 0 fully saturated rings. The number of rotatable bonds is 5. The highest BCUT2D eigenvalue weighted by molar-refractivity contribution is 7.98. The molecule has 0 bridgehead atoms. The fourth-order valence-electron chi connectivity index (χ4n) is 2.67. The lowest BCUT2D eigenvalue weighted by molar-refractivity contribution is 0.617. The van der Waals surface area contributed by atoms with Crippen LogP contribution in [0.5, 0.6) is 0 Å². The zero-order valence-electron chi connectivity index (χ0n) is 14.5. The Morgan fingerprint density at radius 3 is 2.62 bits per heavy atom. The molecular formula is C20H18F2N2OS. The van der Waals surface area contributed by atoms with Gasteiger partial charge in [0.25, 0.3) is 5.56 Å². The van der Waals surface area contributed by atoms with E-state index in [9.17, 15) is 13.6 Å². The molecule has 6 heteroatoms. The van der Waals surface area contributed by atoms with E-state index in [4.69, 9.17) is 0 Å². The fourth-order valence-corrected chi connectivity index (χ4v) is 3.67. The number of aromatic nitrogens is 2. The van der Waals surface area contributed by atoms with E-state index in [2.05, 4.69) is 4.98 Å². The first-order chi connectivity index (χ1) is 12.5. The molecule has 0 amide bonds. The second-order valence-electron chi connectivity index (χ2n) is 6.01. The summed E-state index contributed by atoms with van der Waals surface area (Å²) in [6.45, 7) is 1.77. The van der Waals surface area contributed by atoms with Crippen molar-refractivity contribution in [1.29, 1.82) is 0 Å². The predicted octanol–water partition coefficient (Wildman–Crippen LogP) is 4.25. The minimum Gasteiger partial charge on any atom is -0.291 e. The first-order valence-corrected chi connectivity index (χ1v) is 9.11. The summed E-state index contributed by atoms with van der Waals surface area (Å²) < 4.78 is 28.6. The molecule has 0 radical (unpaired) electrons. The number of benzene rings is 2. The minimum absolute atomic E-state index is 0.169. The summed E-state index contributed by atoms with van der Waals surface area (Å²) in [6, 6.07) is 12.7. The molecule has 0 aliphatic heterocycles. The Hall–Kier alpha value is -2.47. The lowest BCUT2D eigenvalue weighted by Gasteiger charge is -2.12. The summed E-state index contributed by atoms with van der Waals surface area (Å²) >= 11 is 1.31. The van der Waals surface area contributed by atoms with Gasteiger partial charge in [-0.15, -0.1) is 0 Å². The van der Waals surface area contributed by atoms with Crippen molar-refractivity contribution < 1.29 is 8.78 Å². The number of halogens is 2. The molecule has 0 aliphatic carbocycles. The van der Waals surface area contributed by atoms with Crippen LogP contribution in [-0.4, -0.2) is 9.55 Å². The fraction of sp³-hybridized carbons (Fsp3) is 0.200. The van der Waals surface area contributed by atoms with Gasteiger partial charge in [-0.25, -0.2) is 13.8 Å². The highest BCUT2D eigenvalue weighted by Gasteiger charge is 2.14. The number of thioether (sulfide) groups is 1. The van der Waals surface area contributed by atoms with Gasteiger partial charge in [-0.3, -0.25) is 9.36 Å². The molecule has 3 aromatic rings. The minimum atomic E-state index is -0.331. The molecule has 134 valence electrons. The third-order valence-electron chi connectivity index (χ3n) is 4.13. The molecule has 0 N–H and O–H groups in total. The third-order valence-corrected chi connectivity index (χ3v) is 5.21. The number of hydrogen-bond acceptors (Lipinski definition) is 3. The summed E-state index contributed by atoms with van der Waals surface area (Å²) in [5, 5.41) is 0.527. The maximum atomic E-state index is 13.8. The van der Waals surface area contributed by atoms with Gasteiger partial charge in [0.2, 0.25) is 0 Å². The van der Waals surface area contributed by atoms with Crippen molar-refractivity contribution in [2.75, 3.05) is 0 Å². The van der Waals surface area contributed by atoms with Crippen LogP contribution in [0.1, 0.15) is 22.4 Å². The smallest absolute Gasteiger partial charge is 0.257 e. The lowest BCUT2D eigenvalue weighted by Crippen LogP contribution is -2.25. The van der Waals surface area contributed by atoms with E-state index < -0.39 is 0 Å². The van der Waals surface area contributed by atoms with Gasteiger partial charge >= 0.3 is 0 Å². The lowest BCUT2D eigenvalue weighted by atomic mass is 10.1. The van der Waals surface area contributed by atoms with Gasteiger partial charge in [0, 0.05) is 30.5 Å². The zero-order valence-corrected chi connectivity index (χ0v) is 15.3. The van der Waals surface area contributed by atoms with Crippen molar-refractivity contribution in [2.45, 2.75) is 24.3 Å². The molecule has 26 heavy (non-hydrogen) atoms. The predicted molar refractivity (Wildman–Crippen MR) is 99.4 cm³/mol. The van der Waals surface area contributed by atoms with E-state index in [0.717, 1.165) is 5.56 Å². The average Bonchev–Trinajstić information content (AvgIpc) is 2.62. The van der Waals surface area contributed by atoms with Gasteiger partial charge in [0.1, 0.15) is 11.6 Å².